The first-order valence-electron chi connectivity index (χ1n) is 7.48. The number of aliphatic hydroxyl groups is 1. The molecule has 1 amide bonds. The van der Waals surface area contributed by atoms with E-state index in [0.29, 0.717) is 24.4 Å². The third-order valence-corrected chi connectivity index (χ3v) is 4.86. The van der Waals surface area contributed by atoms with Crippen molar-refractivity contribution in [3.63, 3.8) is 0 Å². The fourth-order valence-electron chi connectivity index (χ4n) is 2.75. The lowest BCUT2D eigenvalue weighted by molar-refractivity contribution is 0.0234. The number of amides is 1. The van der Waals surface area contributed by atoms with E-state index in [0.717, 1.165) is 10.6 Å². The van der Waals surface area contributed by atoms with Crippen molar-refractivity contribution in [3.8, 4) is 5.88 Å². The predicted molar refractivity (Wildman–Crippen MR) is 86.6 cm³/mol. The highest BCUT2D eigenvalue weighted by atomic mass is 32.1. The Labute approximate surface area is 138 Å². The normalized spacial score (nSPS) is 21.3. The third kappa shape index (κ3) is 3.51. The molecule has 0 bridgehead atoms. The van der Waals surface area contributed by atoms with E-state index in [1.165, 1.54) is 11.3 Å². The number of carbonyl (C=O) groups is 1. The second-order valence-electron chi connectivity index (χ2n) is 5.72. The second kappa shape index (κ2) is 6.64. The molecule has 1 aliphatic carbocycles. The summed E-state index contributed by atoms with van der Waals surface area (Å²) in [5.41, 5.74) is 1.34. The van der Waals surface area contributed by atoms with Crippen LogP contribution in [-0.4, -0.2) is 34.2 Å². The van der Waals surface area contributed by atoms with E-state index in [4.69, 9.17) is 4.74 Å². The summed E-state index contributed by atoms with van der Waals surface area (Å²) in [5, 5.41) is 15.2. The highest BCUT2D eigenvalue weighted by molar-refractivity contribution is 7.09. The number of thiazole rings is 1. The molecule has 1 saturated carbocycles. The Kier molecular flexibility index (Phi) is 4.58. The lowest BCUT2D eigenvalue weighted by Crippen LogP contribution is -2.41. The Morgan fingerprint density at radius 3 is 2.78 bits per heavy atom. The van der Waals surface area contributed by atoms with Crippen molar-refractivity contribution in [2.24, 2.45) is 5.92 Å². The maximum Gasteiger partial charge on any atom is 0.271 e. The summed E-state index contributed by atoms with van der Waals surface area (Å²) < 4.78 is 5.07. The fraction of sp³-hybridized carbons (Fsp3) is 0.438. The lowest BCUT2D eigenvalue weighted by Gasteiger charge is -2.38. The topological polar surface area (TPSA) is 84.3 Å². The van der Waals surface area contributed by atoms with Gasteiger partial charge < -0.3 is 15.2 Å². The van der Waals surface area contributed by atoms with Gasteiger partial charge in [-0.15, -0.1) is 11.3 Å². The van der Waals surface area contributed by atoms with Gasteiger partial charge in [0.05, 0.1) is 24.3 Å². The van der Waals surface area contributed by atoms with Crippen molar-refractivity contribution < 1.29 is 14.6 Å². The number of hydrogen-bond acceptors (Lipinski definition) is 6. The van der Waals surface area contributed by atoms with Crippen molar-refractivity contribution >= 4 is 17.2 Å². The molecule has 3 rings (SSSR count). The van der Waals surface area contributed by atoms with Gasteiger partial charge in [0.15, 0.2) is 0 Å². The van der Waals surface area contributed by atoms with Crippen LogP contribution in [0.4, 0.5) is 0 Å². The fourth-order valence-corrected chi connectivity index (χ4v) is 3.35. The summed E-state index contributed by atoms with van der Waals surface area (Å²) >= 11 is 1.45. The van der Waals surface area contributed by atoms with Crippen molar-refractivity contribution in [1.82, 2.24) is 15.3 Å². The van der Waals surface area contributed by atoms with Crippen LogP contribution in [0.5, 0.6) is 5.88 Å². The van der Waals surface area contributed by atoms with Crippen LogP contribution in [0.2, 0.25) is 0 Å². The van der Waals surface area contributed by atoms with Crippen LogP contribution in [0.15, 0.2) is 23.7 Å². The summed E-state index contributed by atoms with van der Waals surface area (Å²) in [6, 6.07) is 3.48. The van der Waals surface area contributed by atoms with Crippen LogP contribution in [0.3, 0.4) is 0 Å². The van der Waals surface area contributed by atoms with Gasteiger partial charge in [-0.2, -0.15) is 0 Å². The Hall–Kier alpha value is -1.99. The van der Waals surface area contributed by atoms with Crippen LogP contribution in [-0.2, 0) is 0 Å². The number of carbonyl (C=O) groups excluding carboxylic acids is 1. The van der Waals surface area contributed by atoms with Gasteiger partial charge in [-0.05, 0) is 31.2 Å². The largest absolute Gasteiger partial charge is 0.481 e. The van der Waals surface area contributed by atoms with Crippen molar-refractivity contribution in [2.45, 2.75) is 31.9 Å². The van der Waals surface area contributed by atoms with Gasteiger partial charge in [0.2, 0.25) is 5.88 Å². The monoisotopic (exact) mass is 333 g/mol. The van der Waals surface area contributed by atoms with E-state index < -0.39 is 0 Å². The molecular formula is C16H19N3O3S. The third-order valence-electron chi connectivity index (χ3n) is 4.09. The first kappa shape index (κ1) is 15.9. The van der Waals surface area contributed by atoms with Crippen molar-refractivity contribution in [2.75, 3.05) is 7.11 Å². The van der Waals surface area contributed by atoms with Crippen LogP contribution >= 0.6 is 11.3 Å². The van der Waals surface area contributed by atoms with Gasteiger partial charge in [0, 0.05) is 17.6 Å². The van der Waals surface area contributed by atoms with Gasteiger partial charge in [0.1, 0.15) is 5.69 Å². The number of pyridine rings is 1. The second-order valence-corrected chi connectivity index (χ2v) is 6.78. The summed E-state index contributed by atoms with van der Waals surface area (Å²) in [6.07, 6.45) is 2.77. The van der Waals surface area contributed by atoms with Gasteiger partial charge in [-0.25, -0.2) is 9.97 Å². The van der Waals surface area contributed by atoms with Crippen LogP contribution in [0, 0.1) is 12.8 Å². The maximum absolute atomic E-state index is 12.4. The minimum atomic E-state index is -0.285. The smallest absolute Gasteiger partial charge is 0.271 e. The maximum atomic E-state index is 12.4. The summed E-state index contributed by atoms with van der Waals surface area (Å²) in [4.78, 5) is 20.9. The van der Waals surface area contributed by atoms with Gasteiger partial charge in [0.25, 0.3) is 5.91 Å². The van der Waals surface area contributed by atoms with Crippen LogP contribution in [0.25, 0.3) is 0 Å². The molecule has 2 aromatic rings. The average Bonchev–Trinajstić information content (AvgIpc) is 2.96. The molecule has 23 heavy (non-hydrogen) atoms. The van der Waals surface area contributed by atoms with Crippen LogP contribution < -0.4 is 10.1 Å². The summed E-state index contributed by atoms with van der Waals surface area (Å²) in [5.74, 6) is 0.531. The standard InChI is InChI=1S/C16H19N3O3S/c1-9-18-13(8-23-9)16(21)19-15(11-5-12(20)6-11)10-3-4-14(22-2)17-7-10/h3-4,7-8,11-12,15,20H,5-6H2,1-2H3,(H,19,21). The van der Waals surface area contributed by atoms with E-state index in [1.54, 1.807) is 24.8 Å². The molecule has 7 heteroatoms. The Balaban J connectivity index is 1.79. The highest BCUT2D eigenvalue weighted by Crippen LogP contribution is 2.38. The number of nitrogens with zero attached hydrogens (tertiary/aromatic N) is 2. The average molecular weight is 333 g/mol. The summed E-state index contributed by atoms with van der Waals surface area (Å²) in [7, 11) is 1.56. The first-order valence-corrected chi connectivity index (χ1v) is 8.35. The number of aliphatic hydroxyl groups excluding tert-OH is 1. The Morgan fingerprint density at radius 1 is 1.48 bits per heavy atom. The molecule has 2 aromatic heterocycles. The minimum absolute atomic E-state index is 0.189. The van der Waals surface area contributed by atoms with Gasteiger partial charge in [-0.1, -0.05) is 6.07 Å². The molecule has 122 valence electrons. The zero-order valence-electron chi connectivity index (χ0n) is 13.0. The molecular weight excluding hydrogens is 314 g/mol. The number of ether oxygens (including phenoxy) is 1. The molecule has 1 fully saturated rings. The van der Waals surface area contributed by atoms with Crippen molar-refractivity contribution in [3.05, 3.63) is 40.0 Å². The van der Waals surface area contributed by atoms with Crippen LogP contribution in [0.1, 0.15) is 39.9 Å². The van der Waals surface area contributed by atoms with E-state index in [2.05, 4.69) is 15.3 Å². The molecule has 1 atom stereocenters. The van der Waals surface area contributed by atoms with E-state index in [1.807, 2.05) is 13.0 Å². The molecule has 0 aromatic carbocycles. The Morgan fingerprint density at radius 2 is 2.26 bits per heavy atom. The Bertz CT molecular complexity index is 680. The quantitative estimate of drug-likeness (QED) is 0.875. The van der Waals surface area contributed by atoms with E-state index in [-0.39, 0.29) is 24.0 Å². The molecule has 6 nitrogen and oxygen atoms in total. The molecule has 2 heterocycles. The van der Waals surface area contributed by atoms with Gasteiger partial charge >= 0.3 is 0 Å². The molecule has 0 saturated heterocycles. The molecule has 0 radical (unpaired) electrons. The zero-order chi connectivity index (χ0) is 16.4. The first-order chi connectivity index (χ1) is 11.1. The minimum Gasteiger partial charge on any atom is -0.481 e. The lowest BCUT2D eigenvalue weighted by atomic mass is 9.75. The zero-order valence-corrected chi connectivity index (χ0v) is 13.8. The number of hydrogen-bond donors (Lipinski definition) is 2. The van der Waals surface area contributed by atoms with Crippen molar-refractivity contribution in [1.29, 1.82) is 0 Å². The van der Waals surface area contributed by atoms with E-state index >= 15 is 0 Å². The predicted octanol–water partition coefficient (Wildman–Crippen LogP) is 2.10. The van der Waals surface area contributed by atoms with E-state index in [9.17, 15) is 9.90 Å². The molecule has 2 N–H and O–H groups in total. The number of aryl methyl sites for hydroxylation is 1. The SMILES string of the molecule is COc1ccc(C(NC(=O)c2csc(C)n2)C2CC(O)C2)cn1. The summed E-state index contributed by atoms with van der Waals surface area (Å²) in [6.45, 7) is 1.87. The molecule has 1 unspecified atom stereocenters. The molecule has 0 aliphatic heterocycles. The highest BCUT2D eigenvalue weighted by Gasteiger charge is 2.36. The molecule has 1 aliphatic rings. The molecule has 0 spiro atoms. The number of methoxy groups -OCH3 is 1. The number of rotatable bonds is 5. The van der Waals surface area contributed by atoms with Gasteiger partial charge in [-0.3, -0.25) is 4.79 Å². The number of nitrogens with one attached hydrogen (secondary N) is 1. The number of aromatic nitrogens is 2.